The molecule has 0 saturated heterocycles. The molecule has 0 aliphatic heterocycles. The van der Waals surface area contributed by atoms with Gasteiger partial charge in [-0.3, -0.25) is 4.99 Å². The number of nitrogens with one attached hydrogen (secondary N) is 1. The van der Waals surface area contributed by atoms with Crippen LogP contribution in [-0.2, 0) is 4.74 Å². The molecular weight excluding hydrogens is 288 g/mol. The van der Waals surface area contributed by atoms with Gasteiger partial charge in [0.2, 0.25) is 0 Å². The van der Waals surface area contributed by atoms with Crippen LogP contribution in [0.15, 0.2) is 4.99 Å². The van der Waals surface area contributed by atoms with E-state index in [9.17, 15) is 4.79 Å². The molecule has 118 valence electrons. The summed E-state index contributed by atoms with van der Waals surface area (Å²) in [5, 5.41) is 4.17. The number of aryl methyl sites for hydroxylation is 1. The molecule has 0 aliphatic rings. The van der Waals surface area contributed by atoms with Crippen molar-refractivity contribution in [3.05, 3.63) is 15.6 Å². The van der Waals surface area contributed by atoms with E-state index in [1.54, 1.807) is 6.92 Å². The van der Waals surface area contributed by atoms with Crippen molar-refractivity contribution >= 4 is 23.3 Å². The van der Waals surface area contributed by atoms with Crippen LogP contribution in [0.4, 0.5) is 0 Å². The van der Waals surface area contributed by atoms with Gasteiger partial charge in [0.05, 0.1) is 18.3 Å². The van der Waals surface area contributed by atoms with Gasteiger partial charge in [0, 0.05) is 20.6 Å². The monoisotopic (exact) mass is 312 g/mol. The van der Waals surface area contributed by atoms with Gasteiger partial charge in [0.15, 0.2) is 5.96 Å². The van der Waals surface area contributed by atoms with Crippen molar-refractivity contribution in [2.45, 2.75) is 33.7 Å². The topological polar surface area (TPSA) is 66.8 Å². The predicted octanol–water partition coefficient (Wildman–Crippen LogP) is 2.22. The largest absolute Gasteiger partial charge is 0.462 e. The maximum absolute atomic E-state index is 11.8. The summed E-state index contributed by atoms with van der Waals surface area (Å²) in [6, 6.07) is -0.0235. The minimum Gasteiger partial charge on any atom is -0.462 e. The average Bonchev–Trinajstić information content (AvgIpc) is 2.80. The molecule has 6 nitrogen and oxygen atoms in total. The van der Waals surface area contributed by atoms with Crippen LogP contribution in [-0.4, -0.2) is 49.1 Å². The Kier molecular flexibility index (Phi) is 6.61. The number of carbonyl (C=O) groups excluding carboxylic acids is 1. The highest BCUT2D eigenvalue weighted by atomic mass is 32.1. The number of nitrogens with zero attached hydrogens (tertiary/aromatic N) is 3. The first-order valence-electron chi connectivity index (χ1n) is 7.03. The van der Waals surface area contributed by atoms with Crippen LogP contribution in [0.3, 0.4) is 0 Å². The molecular formula is C14H24N4O2S. The van der Waals surface area contributed by atoms with Crippen LogP contribution in [0.5, 0.6) is 0 Å². The lowest BCUT2D eigenvalue weighted by molar-refractivity contribution is 0.0531. The van der Waals surface area contributed by atoms with Crippen LogP contribution >= 0.6 is 11.3 Å². The molecule has 0 bridgehead atoms. The third-order valence-electron chi connectivity index (χ3n) is 2.72. The van der Waals surface area contributed by atoms with E-state index < -0.39 is 0 Å². The van der Waals surface area contributed by atoms with E-state index in [2.05, 4.69) is 15.3 Å². The Hall–Kier alpha value is -1.63. The van der Waals surface area contributed by atoms with Crippen molar-refractivity contribution in [1.82, 2.24) is 15.2 Å². The number of thiazole rings is 1. The normalized spacial score (nSPS) is 13.0. The number of ether oxygens (including phenoxy) is 1. The second-order valence-corrected chi connectivity index (χ2v) is 5.78. The second kappa shape index (κ2) is 7.97. The van der Waals surface area contributed by atoms with Gasteiger partial charge < -0.3 is 15.0 Å². The van der Waals surface area contributed by atoms with Crippen molar-refractivity contribution < 1.29 is 9.53 Å². The molecule has 0 saturated carbocycles. The van der Waals surface area contributed by atoms with Gasteiger partial charge in [-0.1, -0.05) is 0 Å². The highest BCUT2D eigenvalue weighted by Gasteiger charge is 2.20. The second-order valence-electron chi connectivity index (χ2n) is 4.75. The Balaban J connectivity index is 2.88. The van der Waals surface area contributed by atoms with E-state index in [1.807, 2.05) is 39.8 Å². The summed E-state index contributed by atoms with van der Waals surface area (Å²) in [5.41, 5.74) is 0.709. The molecule has 1 aromatic rings. The number of aromatic nitrogens is 1. The highest BCUT2D eigenvalue weighted by molar-refractivity contribution is 7.13. The summed E-state index contributed by atoms with van der Waals surface area (Å²) in [5.74, 6) is 0.497. The molecule has 0 radical (unpaired) electrons. The molecule has 0 amide bonds. The van der Waals surface area contributed by atoms with E-state index in [0.29, 0.717) is 23.7 Å². The quantitative estimate of drug-likeness (QED) is 0.513. The first-order valence-corrected chi connectivity index (χ1v) is 7.85. The van der Waals surface area contributed by atoms with Gasteiger partial charge >= 0.3 is 5.97 Å². The van der Waals surface area contributed by atoms with E-state index >= 15 is 0 Å². The number of rotatable bonds is 5. The minimum absolute atomic E-state index is 0.0235. The summed E-state index contributed by atoms with van der Waals surface area (Å²) < 4.78 is 5.04. The molecule has 1 heterocycles. The predicted molar refractivity (Wildman–Crippen MR) is 86.0 cm³/mol. The number of hydrogen-bond donors (Lipinski definition) is 1. The maximum Gasteiger partial charge on any atom is 0.350 e. The first-order chi connectivity index (χ1) is 9.90. The Morgan fingerprint density at radius 2 is 2.14 bits per heavy atom. The zero-order chi connectivity index (χ0) is 16.0. The van der Waals surface area contributed by atoms with Crippen LogP contribution in [0.25, 0.3) is 0 Å². The van der Waals surface area contributed by atoms with Crippen LogP contribution in [0.2, 0.25) is 0 Å². The zero-order valence-corrected chi connectivity index (χ0v) is 14.4. The Morgan fingerprint density at radius 1 is 1.48 bits per heavy atom. The van der Waals surface area contributed by atoms with Crippen molar-refractivity contribution in [2.75, 3.05) is 27.2 Å². The summed E-state index contributed by atoms with van der Waals surface area (Å²) in [4.78, 5) is 23.2. The van der Waals surface area contributed by atoms with Crippen LogP contribution < -0.4 is 5.32 Å². The molecule has 0 fully saturated rings. The molecule has 0 spiro atoms. The molecule has 1 N–H and O–H groups in total. The fourth-order valence-electron chi connectivity index (χ4n) is 1.71. The first kappa shape index (κ1) is 17.4. The fraction of sp³-hybridized carbons (Fsp3) is 0.643. The van der Waals surface area contributed by atoms with Gasteiger partial charge in [-0.25, -0.2) is 9.78 Å². The van der Waals surface area contributed by atoms with E-state index in [-0.39, 0.29) is 12.0 Å². The van der Waals surface area contributed by atoms with E-state index in [0.717, 1.165) is 11.0 Å². The molecule has 1 atom stereocenters. The number of aliphatic imine (C=N–C) groups is 1. The average molecular weight is 312 g/mol. The Morgan fingerprint density at radius 3 is 2.67 bits per heavy atom. The van der Waals surface area contributed by atoms with Crippen LogP contribution in [0.1, 0.15) is 47.2 Å². The van der Waals surface area contributed by atoms with E-state index in [4.69, 9.17) is 4.74 Å². The van der Waals surface area contributed by atoms with Gasteiger partial charge in [-0.2, -0.15) is 0 Å². The third kappa shape index (κ3) is 4.70. The van der Waals surface area contributed by atoms with Crippen molar-refractivity contribution in [1.29, 1.82) is 0 Å². The SMILES string of the molecule is CCN=C(NC(C)c1nc(C)c(C(=O)OCC)s1)N(C)C. The standard InChI is InChI=1S/C14H24N4O2S/c1-7-15-14(18(5)6)17-10(4)12-16-9(3)11(21-12)13(19)20-8-2/h10H,7-8H2,1-6H3,(H,15,17). The molecule has 1 aromatic heterocycles. The lowest BCUT2D eigenvalue weighted by atomic mass is 10.3. The molecule has 7 heteroatoms. The third-order valence-corrected chi connectivity index (χ3v) is 4.04. The number of esters is 1. The number of carbonyl (C=O) groups is 1. The highest BCUT2D eigenvalue weighted by Crippen LogP contribution is 2.24. The Bertz CT molecular complexity index is 511. The summed E-state index contributed by atoms with van der Waals surface area (Å²) >= 11 is 1.37. The van der Waals surface area contributed by atoms with Crippen molar-refractivity contribution in [3.63, 3.8) is 0 Å². The Labute approximate surface area is 130 Å². The molecule has 0 aliphatic carbocycles. The minimum atomic E-state index is -0.305. The maximum atomic E-state index is 11.8. The fourth-order valence-corrected chi connectivity index (χ4v) is 2.67. The lowest BCUT2D eigenvalue weighted by Crippen LogP contribution is -2.38. The van der Waals surface area contributed by atoms with Gasteiger partial charge in [0.25, 0.3) is 0 Å². The number of guanidine groups is 1. The summed E-state index contributed by atoms with van der Waals surface area (Å²) in [6.07, 6.45) is 0. The molecule has 0 aromatic carbocycles. The van der Waals surface area contributed by atoms with Crippen molar-refractivity contribution in [2.24, 2.45) is 4.99 Å². The summed E-state index contributed by atoms with van der Waals surface area (Å²) in [6.45, 7) is 8.69. The zero-order valence-electron chi connectivity index (χ0n) is 13.6. The van der Waals surface area contributed by atoms with Crippen molar-refractivity contribution in [3.8, 4) is 0 Å². The number of hydrogen-bond acceptors (Lipinski definition) is 5. The lowest BCUT2D eigenvalue weighted by Gasteiger charge is -2.20. The molecule has 1 unspecified atom stereocenters. The summed E-state index contributed by atoms with van der Waals surface area (Å²) in [7, 11) is 3.87. The molecule has 21 heavy (non-hydrogen) atoms. The van der Waals surface area contributed by atoms with Gasteiger partial charge in [-0.15, -0.1) is 11.3 Å². The molecule has 1 rings (SSSR count). The smallest absolute Gasteiger partial charge is 0.350 e. The van der Waals surface area contributed by atoms with Gasteiger partial charge in [0.1, 0.15) is 9.88 Å². The van der Waals surface area contributed by atoms with Crippen LogP contribution in [0, 0.1) is 6.92 Å². The van der Waals surface area contributed by atoms with Gasteiger partial charge in [-0.05, 0) is 27.7 Å². The van der Waals surface area contributed by atoms with E-state index in [1.165, 1.54) is 11.3 Å².